The minimum Gasteiger partial charge on any atom is -0.384 e. The monoisotopic (exact) mass is 163 g/mol. The van der Waals surface area contributed by atoms with Crippen LogP contribution in [-0.4, -0.2) is 11.5 Å². The van der Waals surface area contributed by atoms with Crippen LogP contribution in [0.5, 0.6) is 0 Å². The van der Waals surface area contributed by atoms with Gasteiger partial charge in [-0.25, -0.2) is 0 Å². The second kappa shape index (κ2) is 3.11. The van der Waals surface area contributed by atoms with Gasteiger partial charge in [-0.2, -0.15) is 0 Å². The lowest BCUT2D eigenvalue weighted by molar-refractivity contribution is 0.815. The van der Waals surface area contributed by atoms with Crippen molar-refractivity contribution in [3.63, 3.8) is 0 Å². The second-order valence-corrected chi connectivity index (χ2v) is 3.07. The molecule has 3 nitrogen and oxygen atoms in total. The zero-order chi connectivity index (χ0) is 8.39. The Kier molecular flexibility index (Phi) is 1.96. The summed E-state index contributed by atoms with van der Waals surface area (Å²) in [5, 5.41) is 3.36. The van der Waals surface area contributed by atoms with Crippen molar-refractivity contribution in [1.29, 1.82) is 0 Å². The van der Waals surface area contributed by atoms with E-state index in [1.807, 2.05) is 12.4 Å². The summed E-state index contributed by atoms with van der Waals surface area (Å²) in [6.07, 6.45) is 6.10. The molecule has 0 saturated heterocycles. The Morgan fingerprint density at radius 3 is 3.25 bits per heavy atom. The van der Waals surface area contributed by atoms with Crippen LogP contribution in [0, 0.1) is 0 Å². The summed E-state index contributed by atoms with van der Waals surface area (Å²) in [5.41, 5.74) is 9.26. The van der Waals surface area contributed by atoms with Gasteiger partial charge in [0.15, 0.2) is 0 Å². The number of nitrogens with one attached hydrogen (secondary N) is 1. The van der Waals surface area contributed by atoms with Gasteiger partial charge in [0.05, 0.1) is 0 Å². The number of aryl methyl sites for hydroxylation is 1. The molecule has 0 aliphatic carbocycles. The summed E-state index contributed by atoms with van der Waals surface area (Å²) in [4.78, 5) is 4.15. The molecule has 0 amide bonds. The van der Waals surface area contributed by atoms with Crippen LogP contribution in [0.1, 0.15) is 17.5 Å². The molecule has 12 heavy (non-hydrogen) atoms. The Hall–Kier alpha value is -1.09. The summed E-state index contributed by atoms with van der Waals surface area (Å²) < 4.78 is 0. The fraction of sp³-hybridized carbons (Fsp3) is 0.444. The molecule has 0 fully saturated rings. The number of hydrogen-bond acceptors (Lipinski definition) is 3. The van der Waals surface area contributed by atoms with Crippen LogP contribution in [0.25, 0.3) is 0 Å². The van der Waals surface area contributed by atoms with Crippen molar-refractivity contribution in [3.8, 4) is 0 Å². The zero-order valence-corrected chi connectivity index (χ0v) is 7.01. The molecule has 64 valence electrons. The molecule has 2 rings (SSSR count). The van der Waals surface area contributed by atoms with Gasteiger partial charge in [0.1, 0.15) is 0 Å². The molecular weight excluding hydrogens is 150 g/mol. The Balaban J connectivity index is 2.44. The van der Waals surface area contributed by atoms with Gasteiger partial charge in [-0.15, -0.1) is 0 Å². The van der Waals surface area contributed by atoms with Gasteiger partial charge in [-0.05, 0) is 18.4 Å². The molecule has 1 aromatic rings. The average Bonchev–Trinajstić information content (AvgIpc) is 2.17. The van der Waals surface area contributed by atoms with E-state index in [1.165, 1.54) is 17.7 Å². The first-order valence-electron chi connectivity index (χ1n) is 4.31. The molecule has 0 saturated carbocycles. The largest absolute Gasteiger partial charge is 0.384 e. The molecule has 0 bridgehead atoms. The molecule has 1 aliphatic rings. The maximum absolute atomic E-state index is 5.59. The number of rotatable bonds is 1. The van der Waals surface area contributed by atoms with Crippen molar-refractivity contribution in [2.75, 3.05) is 11.9 Å². The van der Waals surface area contributed by atoms with Crippen molar-refractivity contribution in [2.24, 2.45) is 5.73 Å². The quantitative estimate of drug-likeness (QED) is 0.646. The van der Waals surface area contributed by atoms with E-state index in [2.05, 4.69) is 10.3 Å². The van der Waals surface area contributed by atoms with Gasteiger partial charge in [-0.3, -0.25) is 4.98 Å². The van der Waals surface area contributed by atoms with Gasteiger partial charge in [0.2, 0.25) is 0 Å². The standard InChI is InChI=1S/C9H13N3/c10-4-8-6-11-5-7-2-1-3-12-9(7)8/h5-6,12H,1-4,10H2. The number of pyridine rings is 1. The first kappa shape index (κ1) is 7.55. The number of nitrogens with two attached hydrogens (primary N) is 1. The molecule has 0 radical (unpaired) electrons. The number of anilines is 1. The lowest BCUT2D eigenvalue weighted by atomic mass is 10.0. The molecule has 0 unspecified atom stereocenters. The maximum atomic E-state index is 5.59. The van der Waals surface area contributed by atoms with Gasteiger partial charge in [-0.1, -0.05) is 0 Å². The van der Waals surface area contributed by atoms with Crippen molar-refractivity contribution in [3.05, 3.63) is 23.5 Å². The maximum Gasteiger partial charge on any atom is 0.0449 e. The van der Waals surface area contributed by atoms with Gasteiger partial charge >= 0.3 is 0 Å². The summed E-state index contributed by atoms with van der Waals surface area (Å²) in [6, 6.07) is 0. The van der Waals surface area contributed by atoms with Crippen molar-refractivity contribution in [1.82, 2.24) is 4.98 Å². The lowest BCUT2D eigenvalue weighted by Gasteiger charge is -2.19. The Morgan fingerprint density at radius 2 is 2.42 bits per heavy atom. The molecule has 1 aliphatic heterocycles. The van der Waals surface area contributed by atoms with E-state index in [-0.39, 0.29) is 0 Å². The highest BCUT2D eigenvalue weighted by Crippen LogP contribution is 2.24. The highest BCUT2D eigenvalue weighted by molar-refractivity contribution is 5.57. The average molecular weight is 163 g/mol. The highest BCUT2D eigenvalue weighted by atomic mass is 14.9. The fourth-order valence-electron chi connectivity index (χ4n) is 1.62. The molecule has 3 N–H and O–H groups in total. The molecule has 0 atom stereocenters. The molecule has 3 heteroatoms. The first-order chi connectivity index (χ1) is 5.92. The number of fused-ring (bicyclic) bond motifs is 1. The van der Waals surface area contributed by atoms with Crippen LogP contribution < -0.4 is 11.1 Å². The highest BCUT2D eigenvalue weighted by Gasteiger charge is 2.11. The number of hydrogen-bond donors (Lipinski definition) is 2. The van der Waals surface area contributed by atoms with Crippen LogP contribution in [0.3, 0.4) is 0 Å². The van der Waals surface area contributed by atoms with E-state index in [1.54, 1.807) is 0 Å². The fourth-order valence-corrected chi connectivity index (χ4v) is 1.62. The SMILES string of the molecule is NCc1cncc2c1NCCC2. The molecule has 2 heterocycles. The first-order valence-corrected chi connectivity index (χ1v) is 4.31. The normalized spacial score (nSPS) is 15.1. The lowest BCUT2D eigenvalue weighted by Crippen LogP contribution is -2.15. The van der Waals surface area contributed by atoms with Gasteiger partial charge < -0.3 is 11.1 Å². The predicted octanol–water partition coefficient (Wildman–Crippen LogP) is 0.898. The van der Waals surface area contributed by atoms with Crippen molar-refractivity contribution in [2.45, 2.75) is 19.4 Å². The zero-order valence-electron chi connectivity index (χ0n) is 7.01. The third-order valence-electron chi connectivity index (χ3n) is 2.25. The summed E-state index contributed by atoms with van der Waals surface area (Å²) in [7, 11) is 0. The van der Waals surface area contributed by atoms with E-state index in [9.17, 15) is 0 Å². The van der Waals surface area contributed by atoms with E-state index in [0.29, 0.717) is 6.54 Å². The minimum absolute atomic E-state index is 0.573. The van der Waals surface area contributed by atoms with Crippen molar-refractivity contribution < 1.29 is 0 Å². The van der Waals surface area contributed by atoms with Crippen LogP contribution in [-0.2, 0) is 13.0 Å². The summed E-state index contributed by atoms with van der Waals surface area (Å²) in [6.45, 7) is 1.63. The summed E-state index contributed by atoms with van der Waals surface area (Å²) >= 11 is 0. The smallest absolute Gasteiger partial charge is 0.0449 e. The van der Waals surface area contributed by atoms with E-state index < -0.39 is 0 Å². The second-order valence-electron chi connectivity index (χ2n) is 3.07. The number of nitrogens with zero attached hydrogens (tertiary/aromatic N) is 1. The Labute approximate surface area is 72.0 Å². The Bertz CT molecular complexity index is 269. The minimum atomic E-state index is 0.573. The summed E-state index contributed by atoms with van der Waals surface area (Å²) in [5.74, 6) is 0. The van der Waals surface area contributed by atoms with Crippen LogP contribution in [0.4, 0.5) is 5.69 Å². The topological polar surface area (TPSA) is 50.9 Å². The predicted molar refractivity (Wildman–Crippen MR) is 48.9 cm³/mol. The van der Waals surface area contributed by atoms with Crippen molar-refractivity contribution >= 4 is 5.69 Å². The van der Waals surface area contributed by atoms with E-state index >= 15 is 0 Å². The third-order valence-corrected chi connectivity index (χ3v) is 2.25. The Morgan fingerprint density at radius 1 is 1.50 bits per heavy atom. The van der Waals surface area contributed by atoms with Crippen LogP contribution >= 0.6 is 0 Å². The van der Waals surface area contributed by atoms with Gasteiger partial charge in [0.25, 0.3) is 0 Å². The molecule has 0 aromatic carbocycles. The van der Waals surface area contributed by atoms with E-state index in [0.717, 1.165) is 18.5 Å². The molecule has 1 aromatic heterocycles. The number of aromatic nitrogens is 1. The third kappa shape index (κ3) is 1.16. The van der Waals surface area contributed by atoms with Crippen LogP contribution in [0.2, 0.25) is 0 Å². The van der Waals surface area contributed by atoms with Crippen LogP contribution in [0.15, 0.2) is 12.4 Å². The molecule has 0 spiro atoms. The van der Waals surface area contributed by atoms with E-state index in [4.69, 9.17) is 5.73 Å². The van der Waals surface area contributed by atoms with Gasteiger partial charge in [0, 0.05) is 36.7 Å². The molecular formula is C9H13N3.